The molecule has 0 fully saturated rings. The fourth-order valence-corrected chi connectivity index (χ4v) is 1.60. The summed E-state index contributed by atoms with van der Waals surface area (Å²) in [6.45, 7) is 1.87. The van der Waals surface area contributed by atoms with E-state index in [4.69, 9.17) is 0 Å². The minimum absolute atomic E-state index is 0.142. The molecule has 0 radical (unpaired) electrons. The fourth-order valence-electron chi connectivity index (χ4n) is 1.60. The van der Waals surface area contributed by atoms with Gasteiger partial charge < -0.3 is 5.32 Å². The Morgan fingerprint density at radius 2 is 2.00 bits per heavy atom. The first kappa shape index (κ1) is 12.2. The summed E-state index contributed by atoms with van der Waals surface area (Å²) in [5.41, 5.74) is 1.36. The number of carbonyl (C=O) groups is 1. The summed E-state index contributed by atoms with van der Waals surface area (Å²) in [5, 5.41) is 2.83. The zero-order valence-electron chi connectivity index (χ0n) is 9.93. The van der Waals surface area contributed by atoms with Gasteiger partial charge in [0.2, 0.25) is 0 Å². The number of carbonyl (C=O) groups excluding carboxylic acids is 1. The number of hydrogen-bond acceptors (Lipinski definition) is 2. The predicted octanol–water partition coefficient (Wildman–Crippen LogP) is 2.71. The molecule has 0 aliphatic carbocycles. The standard InChI is InChI=1S/C14H13FN2O/c1-10(12-3-2-8-16-9-12)17-14(18)11-4-6-13(15)7-5-11/h2-10H,1H3,(H,17,18). The summed E-state index contributed by atoms with van der Waals surface area (Å²) >= 11 is 0. The van der Waals surface area contributed by atoms with Crippen LogP contribution in [0.25, 0.3) is 0 Å². The summed E-state index contributed by atoms with van der Waals surface area (Å²) in [6, 6.07) is 9.02. The van der Waals surface area contributed by atoms with Crippen molar-refractivity contribution in [3.63, 3.8) is 0 Å². The molecule has 0 saturated heterocycles. The number of nitrogens with one attached hydrogen (secondary N) is 1. The minimum Gasteiger partial charge on any atom is -0.345 e. The zero-order chi connectivity index (χ0) is 13.0. The van der Waals surface area contributed by atoms with Gasteiger partial charge in [0.1, 0.15) is 5.82 Å². The molecule has 1 amide bonds. The summed E-state index contributed by atoms with van der Waals surface area (Å²) in [7, 11) is 0. The van der Waals surface area contributed by atoms with Crippen molar-refractivity contribution < 1.29 is 9.18 Å². The third-order valence-corrected chi connectivity index (χ3v) is 2.64. The quantitative estimate of drug-likeness (QED) is 0.902. The molecule has 1 aromatic carbocycles. The zero-order valence-corrected chi connectivity index (χ0v) is 9.93. The second-order valence-electron chi connectivity index (χ2n) is 3.99. The Kier molecular flexibility index (Phi) is 3.67. The number of hydrogen-bond donors (Lipinski definition) is 1. The molecule has 1 heterocycles. The minimum atomic E-state index is -0.355. The molecule has 1 atom stereocenters. The van der Waals surface area contributed by atoms with Crippen LogP contribution in [0, 0.1) is 5.82 Å². The van der Waals surface area contributed by atoms with E-state index in [9.17, 15) is 9.18 Å². The first-order valence-corrected chi connectivity index (χ1v) is 5.63. The van der Waals surface area contributed by atoms with Gasteiger partial charge in [-0.3, -0.25) is 9.78 Å². The molecule has 0 saturated carbocycles. The molecular formula is C14H13FN2O. The highest BCUT2D eigenvalue weighted by molar-refractivity contribution is 5.94. The topological polar surface area (TPSA) is 42.0 Å². The Labute approximate surface area is 105 Å². The molecule has 92 valence electrons. The number of pyridine rings is 1. The Balaban J connectivity index is 2.06. The Hall–Kier alpha value is -2.23. The van der Waals surface area contributed by atoms with E-state index in [1.165, 1.54) is 24.3 Å². The van der Waals surface area contributed by atoms with Gasteiger partial charge in [0.05, 0.1) is 6.04 Å². The van der Waals surface area contributed by atoms with Gasteiger partial charge in [0.25, 0.3) is 5.91 Å². The predicted molar refractivity (Wildman–Crippen MR) is 66.5 cm³/mol. The SMILES string of the molecule is CC(NC(=O)c1ccc(F)cc1)c1cccnc1. The van der Waals surface area contributed by atoms with Gasteiger partial charge in [-0.2, -0.15) is 0 Å². The van der Waals surface area contributed by atoms with E-state index in [-0.39, 0.29) is 17.8 Å². The molecule has 3 nitrogen and oxygen atoms in total. The van der Waals surface area contributed by atoms with E-state index < -0.39 is 0 Å². The van der Waals surface area contributed by atoms with Crippen molar-refractivity contribution in [3.8, 4) is 0 Å². The van der Waals surface area contributed by atoms with Crippen LogP contribution in [-0.4, -0.2) is 10.9 Å². The summed E-state index contributed by atoms with van der Waals surface area (Å²) < 4.78 is 12.7. The van der Waals surface area contributed by atoms with Gasteiger partial charge in [-0.1, -0.05) is 6.07 Å². The van der Waals surface area contributed by atoms with E-state index in [1.807, 2.05) is 19.1 Å². The molecule has 0 bridgehead atoms. The molecule has 0 aliphatic heterocycles. The summed E-state index contributed by atoms with van der Waals surface area (Å²) in [6.07, 6.45) is 3.38. The lowest BCUT2D eigenvalue weighted by Crippen LogP contribution is -2.26. The third-order valence-electron chi connectivity index (χ3n) is 2.64. The van der Waals surface area contributed by atoms with Crippen LogP contribution in [0.4, 0.5) is 4.39 Å². The van der Waals surface area contributed by atoms with Crippen molar-refractivity contribution in [2.75, 3.05) is 0 Å². The van der Waals surface area contributed by atoms with E-state index >= 15 is 0 Å². The average Bonchev–Trinajstić information content (AvgIpc) is 2.40. The summed E-state index contributed by atoms with van der Waals surface area (Å²) in [5.74, 6) is -0.585. The maximum absolute atomic E-state index is 12.7. The van der Waals surface area contributed by atoms with E-state index in [0.29, 0.717) is 5.56 Å². The maximum Gasteiger partial charge on any atom is 0.251 e. The molecule has 1 unspecified atom stereocenters. The number of halogens is 1. The van der Waals surface area contributed by atoms with E-state index in [2.05, 4.69) is 10.3 Å². The van der Waals surface area contributed by atoms with Gasteiger partial charge in [0.15, 0.2) is 0 Å². The average molecular weight is 244 g/mol. The third kappa shape index (κ3) is 2.91. The molecule has 4 heteroatoms. The lowest BCUT2D eigenvalue weighted by atomic mass is 10.1. The van der Waals surface area contributed by atoms with E-state index in [0.717, 1.165) is 5.56 Å². The van der Waals surface area contributed by atoms with Crippen LogP contribution >= 0.6 is 0 Å². The number of aromatic nitrogens is 1. The molecular weight excluding hydrogens is 231 g/mol. The van der Waals surface area contributed by atoms with Gasteiger partial charge >= 0.3 is 0 Å². The van der Waals surface area contributed by atoms with Crippen molar-refractivity contribution in [1.82, 2.24) is 10.3 Å². The van der Waals surface area contributed by atoms with Crippen LogP contribution in [0.15, 0.2) is 48.8 Å². The smallest absolute Gasteiger partial charge is 0.251 e. The highest BCUT2D eigenvalue weighted by Gasteiger charge is 2.11. The van der Waals surface area contributed by atoms with Gasteiger partial charge in [0, 0.05) is 18.0 Å². The Bertz CT molecular complexity index is 525. The number of nitrogens with zero attached hydrogens (tertiary/aromatic N) is 1. The van der Waals surface area contributed by atoms with Crippen LogP contribution in [0.3, 0.4) is 0 Å². The summed E-state index contributed by atoms with van der Waals surface area (Å²) in [4.78, 5) is 15.9. The van der Waals surface area contributed by atoms with Crippen LogP contribution in [0.5, 0.6) is 0 Å². The number of amides is 1. The first-order valence-electron chi connectivity index (χ1n) is 5.63. The van der Waals surface area contributed by atoms with Crippen molar-refractivity contribution >= 4 is 5.91 Å². The lowest BCUT2D eigenvalue weighted by Gasteiger charge is -2.13. The van der Waals surface area contributed by atoms with Crippen LogP contribution < -0.4 is 5.32 Å². The molecule has 0 spiro atoms. The van der Waals surface area contributed by atoms with Crippen LogP contribution in [0.1, 0.15) is 28.9 Å². The number of rotatable bonds is 3. The second kappa shape index (κ2) is 5.40. The largest absolute Gasteiger partial charge is 0.345 e. The van der Waals surface area contributed by atoms with Crippen molar-refractivity contribution in [2.45, 2.75) is 13.0 Å². The van der Waals surface area contributed by atoms with Crippen LogP contribution in [-0.2, 0) is 0 Å². The highest BCUT2D eigenvalue weighted by atomic mass is 19.1. The van der Waals surface area contributed by atoms with Crippen molar-refractivity contribution in [2.24, 2.45) is 0 Å². The highest BCUT2D eigenvalue weighted by Crippen LogP contribution is 2.11. The van der Waals surface area contributed by atoms with Gasteiger partial charge in [-0.05, 0) is 42.8 Å². The van der Waals surface area contributed by atoms with Crippen LogP contribution in [0.2, 0.25) is 0 Å². The molecule has 2 rings (SSSR count). The number of benzene rings is 1. The van der Waals surface area contributed by atoms with E-state index in [1.54, 1.807) is 12.4 Å². The second-order valence-corrected chi connectivity index (χ2v) is 3.99. The molecule has 1 N–H and O–H groups in total. The van der Waals surface area contributed by atoms with Crippen molar-refractivity contribution in [3.05, 3.63) is 65.7 Å². The molecule has 1 aromatic heterocycles. The lowest BCUT2D eigenvalue weighted by molar-refractivity contribution is 0.0940. The Morgan fingerprint density at radius 3 is 2.61 bits per heavy atom. The van der Waals surface area contributed by atoms with Gasteiger partial charge in [-0.25, -0.2) is 4.39 Å². The normalized spacial score (nSPS) is 11.9. The monoisotopic (exact) mass is 244 g/mol. The molecule has 18 heavy (non-hydrogen) atoms. The van der Waals surface area contributed by atoms with Crippen molar-refractivity contribution in [1.29, 1.82) is 0 Å². The first-order chi connectivity index (χ1) is 8.66. The molecule has 0 aliphatic rings. The Morgan fingerprint density at radius 1 is 1.28 bits per heavy atom. The fraction of sp³-hybridized carbons (Fsp3) is 0.143. The maximum atomic E-state index is 12.7. The van der Waals surface area contributed by atoms with Gasteiger partial charge in [-0.15, -0.1) is 0 Å². The molecule has 2 aromatic rings.